The molecule has 3 nitrogen and oxygen atoms in total. The number of nitrogens with zero attached hydrogens (tertiary/aromatic N) is 2. The predicted molar refractivity (Wildman–Crippen MR) is 70.9 cm³/mol. The molecule has 0 unspecified atom stereocenters. The van der Waals surface area contributed by atoms with Crippen LogP contribution in [-0.4, -0.2) is 37.0 Å². The van der Waals surface area contributed by atoms with E-state index in [1.54, 1.807) is 0 Å². The molecule has 0 spiro atoms. The molecule has 1 heterocycles. The zero-order valence-electron chi connectivity index (χ0n) is 11.1. The monoisotopic (exact) mass is 225 g/mol. The van der Waals surface area contributed by atoms with E-state index in [1.807, 2.05) is 0 Å². The summed E-state index contributed by atoms with van der Waals surface area (Å²) in [4.78, 5) is 7.10. The number of rotatable bonds is 4. The predicted octanol–water partition coefficient (Wildman–Crippen LogP) is 2.48. The number of hydrogen-bond donors (Lipinski definition) is 1. The van der Waals surface area contributed by atoms with Crippen LogP contribution in [0.5, 0.6) is 0 Å². The van der Waals surface area contributed by atoms with E-state index in [0.717, 1.165) is 25.0 Å². The van der Waals surface area contributed by atoms with Crippen molar-refractivity contribution in [3.8, 4) is 0 Å². The third-order valence-electron chi connectivity index (χ3n) is 3.19. The van der Waals surface area contributed by atoms with E-state index in [1.165, 1.54) is 38.8 Å². The van der Waals surface area contributed by atoms with E-state index in [9.17, 15) is 0 Å². The molecule has 1 saturated heterocycles. The smallest absolute Gasteiger partial charge is 0.193 e. The topological polar surface area (TPSA) is 27.6 Å². The molecule has 3 heteroatoms. The summed E-state index contributed by atoms with van der Waals surface area (Å²) in [5.74, 6) is 2.01. The van der Waals surface area contributed by atoms with Crippen LogP contribution in [0.25, 0.3) is 0 Å². The first-order valence-corrected chi connectivity index (χ1v) is 6.81. The molecular formula is C13H27N3. The van der Waals surface area contributed by atoms with Crippen molar-refractivity contribution in [1.82, 2.24) is 10.2 Å². The molecule has 0 aliphatic carbocycles. The number of unbranched alkanes of at least 4 members (excludes halogenated alkanes) is 1. The van der Waals surface area contributed by atoms with E-state index in [-0.39, 0.29) is 0 Å². The molecule has 0 bridgehead atoms. The van der Waals surface area contributed by atoms with Gasteiger partial charge in [-0.3, -0.25) is 4.99 Å². The second-order valence-corrected chi connectivity index (χ2v) is 4.76. The Balaban J connectivity index is 2.45. The zero-order valence-corrected chi connectivity index (χ0v) is 11.1. The second-order valence-electron chi connectivity index (χ2n) is 4.76. The van der Waals surface area contributed by atoms with Crippen LogP contribution >= 0.6 is 0 Å². The highest BCUT2D eigenvalue weighted by atomic mass is 15.3. The Kier molecular flexibility index (Phi) is 6.27. The number of hydrogen-bond acceptors (Lipinski definition) is 1. The third kappa shape index (κ3) is 4.42. The molecule has 0 aromatic carbocycles. The second kappa shape index (κ2) is 7.53. The maximum Gasteiger partial charge on any atom is 0.193 e. The van der Waals surface area contributed by atoms with Crippen molar-refractivity contribution in [2.75, 3.05) is 26.2 Å². The minimum atomic E-state index is 0.884. The molecule has 0 aromatic heterocycles. The molecule has 1 aliphatic heterocycles. The Labute approximate surface area is 100 Å². The van der Waals surface area contributed by atoms with Crippen molar-refractivity contribution in [2.24, 2.45) is 10.9 Å². The molecule has 1 rings (SSSR count). The van der Waals surface area contributed by atoms with Gasteiger partial charge in [-0.15, -0.1) is 0 Å². The molecule has 16 heavy (non-hydrogen) atoms. The number of piperidine rings is 1. The summed E-state index contributed by atoms with van der Waals surface area (Å²) in [6.45, 7) is 11.0. The lowest BCUT2D eigenvalue weighted by molar-refractivity contribution is 0.273. The van der Waals surface area contributed by atoms with Crippen molar-refractivity contribution in [3.05, 3.63) is 0 Å². The molecule has 0 saturated carbocycles. The summed E-state index contributed by atoms with van der Waals surface area (Å²) >= 11 is 0. The van der Waals surface area contributed by atoms with E-state index in [2.05, 4.69) is 36.0 Å². The average molecular weight is 225 g/mol. The van der Waals surface area contributed by atoms with Gasteiger partial charge in [0.2, 0.25) is 0 Å². The quantitative estimate of drug-likeness (QED) is 0.452. The van der Waals surface area contributed by atoms with Gasteiger partial charge in [0.25, 0.3) is 0 Å². The van der Waals surface area contributed by atoms with E-state index in [0.29, 0.717) is 0 Å². The van der Waals surface area contributed by atoms with E-state index >= 15 is 0 Å². The highest BCUT2D eigenvalue weighted by molar-refractivity contribution is 5.80. The van der Waals surface area contributed by atoms with Gasteiger partial charge < -0.3 is 10.2 Å². The number of aliphatic imine (C=N–C) groups is 1. The highest BCUT2D eigenvalue weighted by Crippen LogP contribution is 2.15. The normalized spacial score (nSPS) is 18.9. The van der Waals surface area contributed by atoms with Crippen LogP contribution in [-0.2, 0) is 0 Å². The Hall–Kier alpha value is -0.730. The van der Waals surface area contributed by atoms with Crippen LogP contribution in [0.1, 0.15) is 46.5 Å². The van der Waals surface area contributed by atoms with Gasteiger partial charge in [-0.1, -0.05) is 20.3 Å². The standard InChI is InChI=1S/C13H27N3/c1-4-6-9-15-13(14-5-2)16-10-7-12(3)8-11-16/h12H,4-11H2,1-3H3,(H,14,15). The first kappa shape index (κ1) is 13.3. The van der Waals surface area contributed by atoms with Crippen molar-refractivity contribution in [3.63, 3.8) is 0 Å². The van der Waals surface area contributed by atoms with Crippen molar-refractivity contribution < 1.29 is 0 Å². The van der Waals surface area contributed by atoms with Gasteiger partial charge in [0, 0.05) is 26.2 Å². The summed E-state index contributed by atoms with van der Waals surface area (Å²) in [6.07, 6.45) is 5.02. The van der Waals surface area contributed by atoms with Crippen LogP contribution < -0.4 is 5.32 Å². The van der Waals surface area contributed by atoms with Crippen molar-refractivity contribution in [2.45, 2.75) is 46.5 Å². The number of likely N-dealkylation sites (tertiary alicyclic amines) is 1. The molecule has 1 N–H and O–H groups in total. The molecule has 0 amide bonds. The molecule has 94 valence electrons. The van der Waals surface area contributed by atoms with Crippen LogP contribution in [0, 0.1) is 5.92 Å². The lowest BCUT2D eigenvalue weighted by atomic mass is 10.00. The maximum atomic E-state index is 4.68. The van der Waals surface area contributed by atoms with Crippen LogP contribution in [0.3, 0.4) is 0 Å². The first-order valence-electron chi connectivity index (χ1n) is 6.81. The van der Waals surface area contributed by atoms with Gasteiger partial charge in [0.05, 0.1) is 0 Å². The Morgan fingerprint density at radius 2 is 2.00 bits per heavy atom. The number of guanidine groups is 1. The van der Waals surface area contributed by atoms with Gasteiger partial charge >= 0.3 is 0 Å². The number of nitrogens with one attached hydrogen (secondary N) is 1. The fourth-order valence-corrected chi connectivity index (χ4v) is 1.99. The summed E-state index contributed by atoms with van der Waals surface area (Å²) in [5, 5.41) is 3.40. The molecule has 1 fully saturated rings. The van der Waals surface area contributed by atoms with E-state index in [4.69, 9.17) is 0 Å². The highest BCUT2D eigenvalue weighted by Gasteiger charge is 2.18. The molecular weight excluding hydrogens is 198 g/mol. The van der Waals surface area contributed by atoms with Gasteiger partial charge in [0.15, 0.2) is 5.96 Å². The largest absolute Gasteiger partial charge is 0.357 e. The lowest BCUT2D eigenvalue weighted by Gasteiger charge is -2.33. The minimum absolute atomic E-state index is 0.884. The average Bonchev–Trinajstić information content (AvgIpc) is 2.29. The molecule has 0 radical (unpaired) electrons. The summed E-state index contributed by atoms with van der Waals surface area (Å²) in [7, 11) is 0. The van der Waals surface area contributed by atoms with Gasteiger partial charge in [-0.2, -0.15) is 0 Å². The zero-order chi connectivity index (χ0) is 11.8. The first-order chi connectivity index (χ1) is 7.77. The van der Waals surface area contributed by atoms with Crippen molar-refractivity contribution in [1.29, 1.82) is 0 Å². The summed E-state index contributed by atoms with van der Waals surface area (Å²) in [6, 6.07) is 0. The van der Waals surface area contributed by atoms with Crippen LogP contribution in [0.2, 0.25) is 0 Å². The SMILES string of the molecule is CCCCN=C(NCC)N1CCC(C)CC1. The van der Waals surface area contributed by atoms with Crippen molar-refractivity contribution >= 4 is 5.96 Å². The Morgan fingerprint density at radius 3 is 2.56 bits per heavy atom. The minimum Gasteiger partial charge on any atom is -0.357 e. The van der Waals surface area contributed by atoms with E-state index < -0.39 is 0 Å². The molecule has 0 aromatic rings. The third-order valence-corrected chi connectivity index (χ3v) is 3.19. The fourth-order valence-electron chi connectivity index (χ4n) is 1.99. The van der Waals surface area contributed by atoms with Gasteiger partial charge in [0.1, 0.15) is 0 Å². The summed E-state index contributed by atoms with van der Waals surface area (Å²) in [5.41, 5.74) is 0. The fraction of sp³-hybridized carbons (Fsp3) is 0.923. The maximum absolute atomic E-state index is 4.68. The van der Waals surface area contributed by atoms with Gasteiger partial charge in [-0.05, 0) is 32.1 Å². The van der Waals surface area contributed by atoms with Gasteiger partial charge in [-0.25, -0.2) is 0 Å². The molecule has 1 aliphatic rings. The van der Waals surface area contributed by atoms with Crippen LogP contribution in [0.15, 0.2) is 4.99 Å². The lowest BCUT2D eigenvalue weighted by Crippen LogP contribution is -2.45. The summed E-state index contributed by atoms with van der Waals surface area (Å²) < 4.78 is 0. The molecule has 0 atom stereocenters. The Morgan fingerprint density at radius 1 is 1.31 bits per heavy atom. The van der Waals surface area contributed by atoms with Crippen LogP contribution in [0.4, 0.5) is 0 Å². The Bertz CT molecular complexity index is 205.